The van der Waals surface area contributed by atoms with Gasteiger partial charge in [0, 0.05) is 23.0 Å². The Morgan fingerprint density at radius 1 is 1.35 bits per heavy atom. The van der Waals surface area contributed by atoms with Gasteiger partial charge in [0.1, 0.15) is 5.60 Å². The summed E-state index contributed by atoms with van der Waals surface area (Å²) in [6, 6.07) is 5.36. The van der Waals surface area contributed by atoms with Crippen LogP contribution in [0.4, 0.5) is 10.5 Å². The molecule has 1 amide bonds. The van der Waals surface area contributed by atoms with Gasteiger partial charge in [0.15, 0.2) is 5.78 Å². The van der Waals surface area contributed by atoms with E-state index in [1.807, 2.05) is 26.8 Å². The Hall–Kier alpha value is -1.36. The third-order valence-electron chi connectivity index (χ3n) is 2.95. The van der Waals surface area contributed by atoms with Crippen molar-refractivity contribution in [2.24, 2.45) is 0 Å². The Labute approximate surface area is 127 Å². The number of anilines is 1. The molecule has 0 saturated carbocycles. The molecule has 0 aromatic heterocycles. The van der Waals surface area contributed by atoms with Crippen molar-refractivity contribution in [2.45, 2.75) is 39.2 Å². The molecule has 0 aliphatic carbocycles. The molecule has 0 spiro atoms. The largest absolute Gasteiger partial charge is 0.443 e. The van der Waals surface area contributed by atoms with Gasteiger partial charge < -0.3 is 4.74 Å². The summed E-state index contributed by atoms with van der Waals surface area (Å²) in [7, 11) is 0. The number of rotatable bonds is 0. The van der Waals surface area contributed by atoms with E-state index in [0.717, 1.165) is 4.47 Å². The molecule has 1 heterocycles. The quantitative estimate of drug-likeness (QED) is 0.712. The predicted octanol–water partition coefficient (Wildman–Crippen LogP) is 4.17. The first-order valence-electron chi connectivity index (χ1n) is 6.61. The highest BCUT2D eigenvalue weighted by molar-refractivity contribution is 9.10. The lowest BCUT2D eigenvalue weighted by atomic mass is 10.1. The minimum atomic E-state index is -0.556. The highest BCUT2D eigenvalue weighted by Gasteiger charge is 2.28. The molecule has 0 fully saturated rings. The molecule has 0 bridgehead atoms. The Kier molecular flexibility index (Phi) is 4.18. The van der Waals surface area contributed by atoms with Gasteiger partial charge in [0.05, 0.1) is 5.69 Å². The van der Waals surface area contributed by atoms with Crippen molar-refractivity contribution >= 4 is 33.5 Å². The van der Waals surface area contributed by atoms with Crippen LogP contribution >= 0.6 is 15.9 Å². The molecule has 2 rings (SSSR count). The van der Waals surface area contributed by atoms with Gasteiger partial charge in [-0.3, -0.25) is 9.69 Å². The van der Waals surface area contributed by atoms with E-state index in [-0.39, 0.29) is 5.78 Å². The minimum absolute atomic E-state index is 0.0681. The van der Waals surface area contributed by atoms with Gasteiger partial charge in [-0.2, -0.15) is 0 Å². The van der Waals surface area contributed by atoms with Crippen LogP contribution in [-0.2, 0) is 4.74 Å². The van der Waals surface area contributed by atoms with Crippen molar-refractivity contribution in [1.82, 2.24) is 0 Å². The van der Waals surface area contributed by atoms with Crippen LogP contribution in [0.15, 0.2) is 22.7 Å². The second kappa shape index (κ2) is 5.56. The maximum absolute atomic E-state index is 12.3. The number of halogens is 1. The van der Waals surface area contributed by atoms with Gasteiger partial charge in [-0.05, 0) is 45.4 Å². The molecular weight excluding hydrogens is 322 g/mol. The Morgan fingerprint density at radius 3 is 2.70 bits per heavy atom. The zero-order valence-electron chi connectivity index (χ0n) is 11.9. The minimum Gasteiger partial charge on any atom is -0.443 e. The fourth-order valence-electron chi connectivity index (χ4n) is 2.12. The zero-order valence-corrected chi connectivity index (χ0v) is 13.5. The number of hydrogen-bond donors (Lipinski definition) is 0. The summed E-state index contributed by atoms with van der Waals surface area (Å²) >= 11 is 3.38. The fourth-order valence-corrected chi connectivity index (χ4v) is 2.47. The van der Waals surface area contributed by atoms with Crippen LogP contribution in [0.5, 0.6) is 0 Å². The molecule has 1 aliphatic rings. The number of Topliss-reactive ketones (excluding diaryl/α,β-unsaturated/α-hetero) is 1. The molecule has 0 atom stereocenters. The van der Waals surface area contributed by atoms with E-state index in [0.29, 0.717) is 30.6 Å². The van der Waals surface area contributed by atoms with Crippen LogP contribution in [0.2, 0.25) is 0 Å². The predicted molar refractivity (Wildman–Crippen MR) is 81.3 cm³/mol. The normalized spacial score (nSPS) is 15.6. The second-order valence-electron chi connectivity index (χ2n) is 5.82. The van der Waals surface area contributed by atoms with Crippen molar-refractivity contribution in [1.29, 1.82) is 0 Å². The second-order valence-corrected chi connectivity index (χ2v) is 6.74. The van der Waals surface area contributed by atoms with Crippen molar-refractivity contribution in [3.63, 3.8) is 0 Å². The van der Waals surface area contributed by atoms with Gasteiger partial charge in [-0.15, -0.1) is 0 Å². The van der Waals surface area contributed by atoms with E-state index >= 15 is 0 Å². The van der Waals surface area contributed by atoms with Crippen molar-refractivity contribution < 1.29 is 14.3 Å². The van der Waals surface area contributed by atoms with E-state index in [9.17, 15) is 9.59 Å². The summed E-state index contributed by atoms with van der Waals surface area (Å²) in [5, 5.41) is 0. The first kappa shape index (κ1) is 15.0. The van der Waals surface area contributed by atoms with Crippen LogP contribution in [0.3, 0.4) is 0 Å². The van der Waals surface area contributed by atoms with Crippen LogP contribution < -0.4 is 4.90 Å². The summed E-state index contributed by atoms with van der Waals surface area (Å²) in [6.45, 7) is 5.98. The van der Waals surface area contributed by atoms with E-state index < -0.39 is 11.7 Å². The molecule has 20 heavy (non-hydrogen) atoms. The Balaban J connectivity index is 2.40. The SMILES string of the molecule is CC(C)(C)OC(=O)N1CCCC(=O)c2ccc(Br)cc21. The highest BCUT2D eigenvalue weighted by atomic mass is 79.9. The molecule has 0 N–H and O–H groups in total. The Morgan fingerprint density at radius 2 is 2.05 bits per heavy atom. The van der Waals surface area contributed by atoms with Gasteiger partial charge in [-0.1, -0.05) is 15.9 Å². The molecule has 4 nitrogen and oxygen atoms in total. The zero-order chi connectivity index (χ0) is 14.9. The fraction of sp³-hybridized carbons (Fsp3) is 0.467. The number of amides is 1. The average molecular weight is 340 g/mol. The van der Waals surface area contributed by atoms with Crippen molar-refractivity contribution in [3.8, 4) is 0 Å². The van der Waals surface area contributed by atoms with E-state index in [4.69, 9.17) is 4.74 Å². The number of ketones is 1. The molecule has 0 saturated heterocycles. The topological polar surface area (TPSA) is 46.6 Å². The van der Waals surface area contributed by atoms with Crippen molar-refractivity contribution in [3.05, 3.63) is 28.2 Å². The molecule has 1 aliphatic heterocycles. The van der Waals surface area contributed by atoms with E-state index in [1.54, 1.807) is 17.0 Å². The van der Waals surface area contributed by atoms with Gasteiger partial charge in [-0.25, -0.2) is 4.79 Å². The third-order valence-corrected chi connectivity index (χ3v) is 3.44. The lowest BCUT2D eigenvalue weighted by molar-refractivity contribution is 0.0580. The maximum Gasteiger partial charge on any atom is 0.414 e. The first-order chi connectivity index (χ1) is 9.28. The van der Waals surface area contributed by atoms with Crippen LogP contribution in [-0.4, -0.2) is 24.0 Å². The molecule has 5 heteroatoms. The number of ether oxygens (including phenoxy) is 1. The standard InChI is InChI=1S/C15H18BrNO3/c1-15(2,3)20-14(19)17-8-4-5-13(18)11-7-6-10(16)9-12(11)17/h6-7,9H,4-5,8H2,1-3H3. The molecule has 0 unspecified atom stereocenters. The number of fused-ring (bicyclic) bond motifs is 1. The molecule has 0 radical (unpaired) electrons. The number of carbonyl (C=O) groups excluding carboxylic acids is 2. The lowest BCUT2D eigenvalue weighted by Crippen LogP contribution is -2.37. The average Bonchev–Trinajstić information content (AvgIpc) is 2.46. The third kappa shape index (κ3) is 3.39. The summed E-state index contributed by atoms with van der Waals surface area (Å²) in [6.07, 6.45) is 0.685. The van der Waals surface area contributed by atoms with Crippen LogP contribution in [0.25, 0.3) is 0 Å². The van der Waals surface area contributed by atoms with Crippen molar-refractivity contribution in [2.75, 3.05) is 11.4 Å². The number of hydrogen-bond acceptors (Lipinski definition) is 3. The number of benzene rings is 1. The number of carbonyl (C=O) groups is 2. The number of nitrogens with zero attached hydrogens (tertiary/aromatic N) is 1. The molecule has 1 aromatic carbocycles. The van der Waals surface area contributed by atoms with Gasteiger partial charge in [0.2, 0.25) is 0 Å². The summed E-state index contributed by atoms with van der Waals surface area (Å²) in [4.78, 5) is 26.0. The van der Waals surface area contributed by atoms with E-state index in [2.05, 4.69) is 15.9 Å². The van der Waals surface area contributed by atoms with Crippen LogP contribution in [0, 0.1) is 0 Å². The molecule has 108 valence electrons. The van der Waals surface area contributed by atoms with Gasteiger partial charge >= 0.3 is 6.09 Å². The summed E-state index contributed by atoms with van der Waals surface area (Å²) < 4.78 is 6.26. The smallest absolute Gasteiger partial charge is 0.414 e. The lowest BCUT2D eigenvalue weighted by Gasteiger charge is -2.27. The first-order valence-corrected chi connectivity index (χ1v) is 7.40. The molecular formula is C15H18BrNO3. The summed E-state index contributed by atoms with van der Waals surface area (Å²) in [5.41, 5.74) is 0.646. The van der Waals surface area contributed by atoms with Gasteiger partial charge in [0.25, 0.3) is 0 Å². The highest BCUT2D eigenvalue weighted by Crippen LogP contribution is 2.30. The molecule has 1 aromatic rings. The maximum atomic E-state index is 12.3. The monoisotopic (exact) mass is 339 g/mol. The van der Waals surface area contributed by atoms with E-state index in [1.165, 1.54) is 0 Å². The Bertz CT molecular complexity index is 549. The van der Waals surface area contributed by atoms with Crippen LogP contribution in [0.1, 0.15) is 44.0 Å². The summed E-state index contributed by atoms with van der Waals surface area (Å²) in [5.74, 6) is 0.0681.